The molecule has 0 saturated heterocycles. The van der Waals surface area contributed by atoms with Crippen LogP contribution in [-0.4, -0.2) is 52.7 Å². The molecule has 1 heterocycles. The van der Waals surface area contributed by atoms with Gasteiger partial charge in [0.1, 0.15) is 0 Å². The maximum atomic E-state index is 13.9. The van der Waals surface area contributed by atoms with Crippen molar-refractivity contribution in [3.8, 4) is 5.75 Å². The lowest BCUT2D eigenvalue weighted by Gasteiger charge is -2.36. The normalized spacial score (nSPS) is 17.3. The second-order valence-electron chi connectivity index (χ2n) is 12.9. The van der Waals surface area contributed by atoms with Crippen LogP contribution >= 0.6 is 11.8 Å². The first-order valence-corrected chi connectivity index (χ1v) is 18.0. The lowest BCUT2D eigenvalue weighted by atomic mass is 9.80. The Bertz CT molecular complexity index is 1530. The molecule has 0 bridgehead atoms. The standard InChI is InChI=1S/C36H44F6N4O3S/c1-5-45(21-26-9-7-25(8-10-26)15-33(47)48)32-11-6-23(2)14-28(32)22-46(34-43-19-31(20-44-34)49-12-13-50-4)24(3)27-16-29(35(37,38)39)18-30(17-27)36(40,41)42/h6,11,14,16-20,24-26H,5,7-10,12-13,15,21-22H2,1-4H3,(H,47,48). The van der Waals surface area contributed by atoms with E-state index >= 15 is 0 Å². The van der Waals surface area contributed by atoms with E-state index in [0.29, 0.717) is 24.8 Å². The Balaban J connectivity index is 1.72. The lowest BCUT2D eigenvalue weighted by Crippen LogP contribution is -2.34. The third kappa shape index (κ3) is 10.7. The average molecular weight is 727 g/mol. The van der Waals surface area contributed by atoms with Crippen LogP contribution in [-0.2, 0) is 23.7 Å². The molecule has 1 fully saturated rings. The monoisotopic (exact) mass is 726 g/mol. The van der Waals surface area contributed by atoms with Crippen LogP contribution < -0.4 is 14.5 Å². The van der Waals surface area contributed by atoms with Gasteiger partial charge in [-0.05, 0) is 99.9 Å². The van der Waals surface area contributed by atoms with Gasteiger partial charge >= 0.3 is 18.3 Å². The molecule has 2 aromatic carbocycles. The fourth-order valence-corrected chi connectivity index (χ4v) is 6.71. The van der Waals surface area contributed by atoms with Gasteiger partial charge in [0.25, 0.3) is 0 Å². The molecule has 7 nitrogen and oxygen atoms in total. The Kier molecular flexibility index (Phi) is 13.3. The summed E-state index contributed by atoms with van der Waals surface area (Å²) >= 11 is 1.60. The Morgan fingerprint density at radius 2 is 1.58 bits per heavy atom. The van der Waals surface area contributed by atoms with Crippen LogP contribution in [0.3, 0.4) is 0 Å². The summed E-state index contributed by atoms with van der Waals surface area (Å²) in [6.45, 7) is 7.37. The van der Waals surface area contributed by atoms with E-state index in [1.54, 1.807) is 23.6 Å². The van der Waals surface area contributed by atoms with Gasteiger partial charge in [0, 0.05) is 37.5 Å². The van der Waals surface area contributed by atoms with Crippen LogP contribution in [0, 0.1) is 18.8 Å². The molecule has 3 aromatic rings. The van der Waals surface area contributed by atoms with Gasteiger partial charge in [-0.15, -0.1) is 0 Å². The van der Waals surface area contributed by atoms with E-state index in [1.165, 1.54) is 12.4 Å². The van der Waals surface area contributed by atoms with Crippen molar-refractivity contribution in [2.45, 2.75) is 77.8 Å². The van der Waals surface area contributed by atoms with Crippen molar-refractivity contribution in [1.82, 2.24) is 9.97 Å². The summed E-state index contributed by atoms with van der Waals surface area (Å²) in [6.07, 6.45) is -1.51. The number of carbonyl (C=O) groups is 1. The molecule has 0 spiro atoms. The number of thioether (sulfide) groups is 1. The van der Waals surface area contributed by atoms with E-state index in [-0.39, 0.29) is 36.5 Å². The van der Waals surface area contributed by atoms with E-state index in [0.717, 1.165) is 66.9 Å². The first-order chi connectivity index (χ1) is 23.6. The number of ether oxygens (including phenoxy) is 1. The molecule has 14 heteroatoms. The quantitative estimate of drug-likeness (QED) is 0.123. The van der Waals surface area contributed by atoms with Crippen molar-refractivity contribution in [2.24, 2.45) is 11.8 Å². The fourth-order valence-electron chi connectivity index (χ4n) is 6.46. The molecule has 0 radical (unpaired) electrons. The number of aliphatic carboxylic acids is 1. The predicted octanol–water partition coefficient (Wildman–Crippen LogP) is 9.44. The predicted molar refractivity (Wildman–Crippen MR) is 184 cm³/mol. The molecule has 274 valence electrons. The third-order valence-corrected chi connectivity index (χ3v) is 9.77. The second-order valence-corrected chi connectivity index (χ2v) is 13.8. The van der Waals surface area contributed by atoms with E-state index in [4.69, 9.17) is 4.74 Å². The minimum absolute atomic E-state index is 0.0876. The number of hydrogen-bond donors (Lipinski definition) is 1. The van der Waals surface area contributed by atoms with Gasteiger partial charge in [-0.2, -0.15) is 38.1 Å². The van der Waals surface area contributed by atoms with Crippen molar-refractivity contribution in [3.05, 3.63) is 76.6 Å². The summed E-state index contributed by atoms with van der Waals surface area (Å²) in [5, 5.41) is 9.21. The van der Waals surface area contributed by atoms with Crippen molar-refractivity contribution in [1.29, 1.82) is 0 Å². The first kappa shape index (κ1) is 39.1. The van der Waals surface area contributed by atoms with Crippen LogP contribution in [0.5, 0.6) is 5.75 Å². The number of rotatable bonds is 15. The number of alkyl halides is 6. The largest absolute Gasteiger partial charge is 0.489 e. The second kappa shape index (κ2) is 17.0. The highest BCUT2D eigenvalue weighted by Gasteiger charge is 2.38. The molecule has 1 atom stereocenters. The van der Waals surface area contributed by atoms with Gasteiger partial charge in [-0.1, -0.05) is 17.7 Å². The Hall–Kier alpha value is -3.68. The third-order valence-electron chi connectivity index (χ3n) is 9.19. The maximum Gasteiger partial charge on any atom is 0.416 e. The van der Waals surface area contributed by atoms with E-state index in [2.05, 4.69) is 14.9 Å². The van der Waals surface area contributed by atoms with Crippen LogP contribution in [0.2, 0.25) is 0 Å². The van der Waals surface area contributed by atoms with E-state index < -0.39 is 35.5 Å². The molecule has 1 aliphatic rings. The molecule has 1 aliphatic carbocycles. The highest BCUT2D eigenvalue weighted by Crippen LogP contribution is 2.40. The number of carboxylic acid groups (broad SMARTS) is 1. The minimum atomic E-state index is -5.00. The van der Waals surface area contributed by atoms with Crippen molar-refractivity contribution in [2.75, 3.05) is 41.5 Å². The number of aryl methyl sites for hydroxylation is 1. The van der Waals surface area contributed by atoms with Crippen LogP contribution in [0.15, 0.2) is 48.8 Å². The number of anilines is 2. The molecule has 50 heavy (non-hydrogen) atoms. The van der Waals surface area contributed by atoms with Crippen molar-refractivity contribution in [3.63, 3.8) is 0 Å². The molecule has 1 aromatic heterocycles. The molecule has 4 rings (SSSR count). The summed E-state index contributed by atoms with van der Waals surface area (Å²) < 4.78 is 89.0. The number of benzene rings is 2. The summed E-state index contributed by atoms with van der Waals surface area (Å²) in [6, 6.07) is 6.56. The highest BCUT2D eigenvalue weighted by atomic mass is 32.2. The van der Waals surface area contributed by atoms with Gasteiger partial charge in [0.15, 0.2) is 5.75 Å². The molecule has 1 N–H and O–H groups in total. The van der Waals surface area contributed by atoms with Gasteiger partial charge < -0.3 is 19.6 Å². The van der Waals surface area contributed by atoms with Gasteiger partial charge in [-0.25, -0.2) is 9.97 Å². The molecule has 1 unspecified atom stereocenters. The zero-order valence-corrected chi connectivity index (χ0v) is 29.5. The van der Waals surface area contributed by atoms with Crippen LogP contribution in [0.4, 0.5) is 38.0 Å². The number of aromatic nitrogens is 2. The molecular formula is C36H44F6N4O3S. The smallest absolute Gasteiger partial charge is 0.416 e. The van der Waals surface area contributed by atoms with E-state index in [1.807, 2.05) is 38.3 Å². The van der Waals surface area contributed by atoms with Crippen LogP contribution in [0.1, 0.15) is 79.8 Å². The number of nitrogens with zero attached hydrogens (tertiary/aromatic N) is 4. The SMILES string of the molecule is CCN(CC1CCC(CC(=O)O)CC1)c1ccc(C)cc1CN(c1ncc(OCCSC)cn1)C(C)c1cc(C(F)(F)F)cc(C(F)(F)F)c1. The van der Waals surface area contributed by atoms with Gasteiger partial charge in [-0.3, -0.25) is 4.79 Å². The van der Waals surface area contributed by atoms with Crippen LogP contribution in [0.25, 0.3) is 0 Å². The zero-order valence-electron chi connectivity index (χ0n) is 28.7. The molecule has 0 aliphatic heterocycles. The molecular weight excluding hydrogens is 682 g/mol. The summed E-state index contributed by atoms with van der Waals surface area (Å²) in [5.74, 6) is 0.967. The van der Waals surface area contributed by atoms with Gasteiger partial charge in [0.2, 0.25) is 5.95 Å². The maximum absolute atomic E-state index is 13.9. The summed E-state index contributed by atoms with van der Waals surface area (Å²) in [4.78, 5) is 24.0. The minimum Gasteiger partial charge on any atom is -0.489 e. The lowest BCUT2D eigenvalue weighted by molar-refractivity contribution is -0.143. The zero-order chi connectivity index (χ0) is 36.6. The highest BCUT2D eigenvalue weighted by molar-refractivity contribution is 7.98. The number of halogens is 6. The average Bonchev–Trinajstić information content (AvgIpc) is 3.06. The summed E-state index contributed by atoms with van der Waals surface area (Å²) in [5.41, 5.74) is -0.336. The Labute approximate surface area is 293 Å². The van der Waals surface area contributed by atoms with Gasteiger partial charge in [0.05, 0.1) is 36.2 Å². The number of hydrogen-bond acceptors (Lipinski definition) is 7. The number of carboxylic acids is 1. The van der Waals surface area contributed by atoms with Crippen molar-refractivity contribution < 1.29 is 41.0 Å². The topological polar surface area (TPSA) is 78.8 Å². The van der Waals surface area contributed by atoms with Crippen molar-refractivity contribution >= 4 is 29.4 Å². The Morgan fingerprint density at radius 1 is 0.980 bits per heavy atom. The fraction of sp³-hybridized carbons (Fsp3) is 0.528. The first-order valence-electron chi connectivity index (χ1n) is 16.6. The summed E-state index contributed by atoms with van der Waals surface area (Å²) in [7, 11) is 0. The molecule has 0 amide bonds. The molecule has 1 saturated carbocycles. The Morgan fingerprint density at radius 3 is 2.12 bits per heavy atom. The van der Waals surface area contributed by atoms with E-state index in [9.17, 15) is 36.2 Å².